The van der Waals surface area contributed by atoms with Crippen molar-refractivity contribution in [2.45, 2.75) is 32.6 Å². The van der Waals surface area contributed by atoms with Gasteiger partial charge in [0.15, 0.2) is 0 Å². The Morgan fingerprint density at radius 1 is 1.38 bits per heavy atom. The highest BCUT2D eigenvalue weighted by Gasteiger charge is 2.32. The van der Waals surface area contributed by atoms with E-state index in [0.717, 1.165) is 18.4 Å². The number of nitro groups is 1. The lowest BCUT2D eigenvalue weighted by molar-refractivity contribution is -0.385. The van der Waals surface area contributed by atoms with Gasteiger partial charge in [-0.25, -0.2) is 4.79 Å². The maximum absolute atomic E-state index is 12.5. The van der Waals surface area contributed by atoms with Gasteiger partial charge in [0.05, 0.1) is 17.1 Å². The molecule has 0 radical (unpaired) electrons. The largest absolute Gasteiger partial charge is 0.462 e. The highest BCUT2D eigenvalue weighted by Crippen LogP contribution is 2.46. The van der Waals surface area contributed by atoms with Crippen molar-refractivity contribution >= 4 is 33.9 Å². The van der Waals surface area contributed by atoms with Gasteiger partial charge in [-0.2, -0.15) is 0 Å². The Morgan fingerprint density at radius 3 is 2.73 bits per heavy atom. The van der Waals surface area contributed by atoms with Crippen LogP contribution in [0.4, 0.5) is 10.7 Å². The Hall–Kier alpha value is -2.74. The molecule has 136 valence electrons. The van der Waals surface area contributed by atoms with E-state index in [1.807, 2.05) is 5.38 Å². The number of nitro benzene ring substituents is 1. The number of aryl methyl sites for hydroxylation is 1. The van der Waals surface area contributed by atoms with E-state index in [1.165, 1.54) is 29.5 Å². The molecule has 1 fully saturated rings. The molecule has 3 rings (SSSR count). The molecule has 1 aliphatic rings. The summed E-state index contributed by atoms with van der Waals surface area (Å²) in [5, 5.41) is 16.1. The van der Waals surface area contributed by atoms with E-state index in [9.17, 15) is 19.7 Å². The third kappa shape index (κ3) is 3.60. The number of anilines is 1. The highest BCUT2D eigenvalue weighted by molar-refractivity contribution is 7.15. The van der Waals surface area contributed by atoms with E-state index >= 15 is 0 Å². The molecule has 8 heteroatoms. The molecule has 0 aliphatic heterocycles. The van der Waals surface area contributed by atoms with Crippen molar-refractivity contribution in [1.29, 1.82) is 0 Å². The number of nitrogens with zero attached hydrogens (tertiary/aromatic N) is 1. The van der Waals surface area contributed by atoms with Crippen molar-refractivity contribution in [2.75, 3.05) is 11.9 Å². The fraction of sp³-hybridized carbons (Fsp3) is 0.333. The molecule has 0 saturated heterocycles. The Balaban J connectivity index is 1.89. The quantitative estimate of drug-likeness (QED) is 0.462. The zero-order chi connectivity index (χ0) is 18.8. The topological polar surface area (TPSA) is 98.5 Å². The van der Waals surface area contributed by atoms with E-state index in [-0.39, 0.29) is 17.9 Å². The Labute approximate surface area is 154 Å². The van der Waals surface area contributed by atoms with Crippen LogP contribution in [0.5, 0.6) is 0 Å². The predicted octanol–water partition coefficient (Wildman–Crippen LogP) is 4.27. The summed E-state index contributed by atoms with van der Waals surface area (Å²) in [6.07, 6.45) is 2.03. The van der Waals surface area contributed by atoms with Gasteiger partial charge < -0.3 is 10.1 Å². The number of carbonyl (C=O) groups is 2. The zero-order valence-electron chi connectivity index (χ0n) is 14.4. The van der Waals surface area contributed by atoms with Gasteiger partial charge in [-0.15, -0.1) is 11.3 Å². The number of thiophene rings is 1. The summed E-state index contributed by atoms with van der Waals surface area (Å²) >= 11 is 1.27. The van der Waals surface area contributed by atoms with Crippen molar-refractivity contribution in [3.63, 3.8) is 0 Å². The van der Waals surface area contributed by atoms with Crippen LogP contribution < -0.4 is 5.32 Å². The average molecular weight is 374 g/mol. The summed E-state index contributed by atoms with van der Waals surface area (Å²) in [5.74, 6) is -0.625. The molecule has 1 aliphatic carbocycles. The number of amides is 1. The van der Waals surface area contributed by atoms with E-state index in [2.05, 4.69) is 5.32 Å². The van der Waals surface area contributed by atoms with Crippen molar-refractivity contribution in [3.8, 4) is 0 Å². The Morgan fingerprint density at radius 2 is 2.12 bits per heavy atom. The van der Waals surface area contributed by atoms with Crippen molar-refractivity contribution in [1.82, 2.24) is 0 Å². The van der Waals surface area contributed by atoms with Gasteiger partial charge in [0, 0.05) is 17.2 Å². The van der Waals surface area contributed by atoms with E-state index < -0.39 is 16.8 Å². The molecule has 1 heterocycles. The van der Waals surface area contributed by atoms with Gasteiger partial charge in [-0.05, 0) is 49.6 Å². The van der Waals surface area contributed by atoms with Crippen LogP contribution in [0.25, 0.3) is 0 Å². The summed E-state index contributed by atoms with van der Waals surface area (Å²) in [5.41, 5.74) is 1.82. The highest BCUT2D eigenvalue weighted by atomic mass is 32.1. The van der Waals surface area contributed by atoms with Crippen LogP contribution >= 0.6 is 11.3 Å². The molecule has 0 bridgehead atoms. The monoisotopic (exact) mass is 374 g/mol. The molecule has 1 aromatic carbocycles. The standard InChI is InChI=1S/C18H18N2O5S/c1-3-25-18(22)15-13(11-6-7-11)9-26-17(15)19-16(21)12-5-4-10(2)14(8-12)20(23)24/h4-5,8-9,11H,3,6-7H2,1-2H3,(H,19,21). The summed E-state index contributed by atoms with van der Waals surface area (Å²) in [7, 11) is 0. The molecule has 0 unspecified atom stereocenters. The predicted molar refractivity (Wildman–Crippen MR) is 98.0 cm³/mol. The molecule has 0 atom stereocenters. The number of hydrogen-bond acceptors (Lipinski definition) is 6. The van der Waals surface area contributed by atoms with Crippen molar-refractivity contribution < 1.29 is 19.2 Å². The lowest BCUT2D eigenvalue weighted by atomic mass is 10.1. The first-order valence-corrected chi connectivity index (χ1v) is 9.15. The van der Waals surface area contributed by atoms with Gasteiger partial charge in [0.1, 0.15) is 5.00 Å². The summed E-state index contributed by atoms with van der Waals surface area (Å²) in [4.78, 5) is 35.4. The number of ether oxygens (including phenoxy) is 1. The van der Waals surface area contributed by atoms with Crippen LogP contribution in [0.2, 0.25) is 0 Å². The molecule has 1 saturated carbocycles. The second kappa shape index (κ2) is 7.25. The number of rotatable bonds is 6. The summed E-state index contributed by atoms with van der Waals surface area (Å²) in [6, 6.07) is 4.30. The van der Waals surface area contributed by atoms with Gasteiger partial charge in [0.25, 0.3) is 11.6 Å². The lowest BCUT2D eigenvalue weighted by Gasteiger charge is -2.08. The molecular weight excluding hydrogens is 356 g/mol. The van der Waals surface area contributed by atoms with E-state index in [4.69, 9.17) is 4.74 Å². The summed E-state index contributed by atoms with van der Waals surface area (Å²) < 4.78 is 5.13. The number of hydrogen-bond donors (Lipinski definition) is 1. The second-order valence-corrected chi connectivity index (χ2v) is 6.98. The molecule has 1 aromatic heterocycles. The van der Waals surface area contributed by atoms with Crippen LogP contribution in [-0.2, 0) is 4.74 Å². The Bertz CT molecular complexity index is 886. The van der Waals surface area contributed by atoms with Crippen LogP contribution in [-0.4, -0.2) is 23.4 Å². The molecule has 26 heavy (non-hydrogen) atoms. The third-order valence-electron chi connectivity index (χ3n) is 4.21. The average Bonchev–Trinajstić information content (AvgIpc) is 3.36. The van der Waals surface area contributed by atoms with Gasteiger partial charge in [-0.3, -0.25) is 14.9 Å². The van der Waals surface area contributed by atoms with Crippen LogP contribution in [0.3, 0.4) is 0 Å². The van der Waals surface area contributed by atoms with Crippen molar-refractivity contribution in [2.24, 2.45) is 0 Å². The first kappa shape index (κ1) is 18.1. The molecule has 2 aromatic rings. The lowest BCUT2D eigenvalue weighted by Crippen LogP contribution is -2.15. The smallest absolute Gasteiger partial charge is 0.341 e. The normalized spacial score (nSPS) is 13.3. The maximum Gasteiger partial charge on any atom is 0.341 e. The van der Waals surface area contributed by atoms with Crippen LogP contribution in [0.15, 0.2) is 23.6 Å². The SMILES string of the molecule is CCOC(=O)c1c(C2CC2)csc1NC(=O)c1ccc(C)c([N+](=O)[O-])c1. The molecular formula is C18H18N2O5S. The Kier molecular flexibility index (Phi) is 5.03. The van der Waals surface area contributed by atoms with Gasteiger partial charge >= 0.3 is 5.97 Å². The minimum atomic E-state index is -0.521. The number of benzene rings is 1. The number of esters is 1. The van der Waals surface area contributed by atoms with Gasteiger partial charge in [0.2, 0.25) is 0 Å². The number of nitrogens with one attached hydrogen (secondary N) is 1. The van der Waals surface area contributed by atoms with Crippen molar-refractivity contribution in [3.05, 3.63) is 55.9 Å². The number of carbonyl (C=O) groups excluding carboxylic acids is 2. The molecule has 0 spiro atoms. The fourth-order valence-electron chi connectivity index (χ4n) is 2.69. The van der Waals surface area contributed by atoms with Crippen LogP contribution in [0.1, 0.15) is 57.5 Å². The first-order chi connectivity index (χ1) is 12.4. The van der Waals surface area contributed by atoms with Crippen LogP contribution in [0, 0.1) is 17.0 Å². The third-order valence-corrected chi connectivity index (χ3v) is 5.12. The maximum atomic E-state index is 12.5. The second-order valence-electron chi connectivity index (χ2n) is 6.10. The summed E-state index contributed by atoms with van der Waals surface area (Å²) in [6.45, 7) is 3.58. The minimum Gasteiger partial charge on any atom is -0.462 e. The first-order valence-electron chi connectivity index (χ1n) is 8.27. The minimum absolute atomic E-state index is 0.117. The van der Waals surface area contributed by atoms with Gasteiger partial charge in [-0.1, -0.05) is 6.07 Å². The zero-order valence-corrected chi connectivity index (χ0v) is 15.2. The molecule has 1 amide bonds. The molecule has 1 N–H and O–H groups in total. The fourth-order valence-corrected chi connectivity index (χ4v) is 3.72. The van der Waals surface area contributed by atoms with E-state index in [0.29, 0.717) is 22.0 Å². The van der Waals surface area contributed by atoms with E-state index in [1.54, 1.807) is 13.8 Å². The molecule has 7 nitrogen and oxygen atoms in total.